The number of hydrogen-bond donors (Lipinski definition) is 0. The van der Waals surface area contributed by atoms with Crippen LogP contribution in [0.2, 0.25) is 0 Å². The first kappa shape index (κ1) is 14.9. The molecular weight excluding hydrogens is 266 g/mol. The van der Waals surface area contributed by atoms with Crippen LogP contribution in [0.5, 0.6) is 17.2 Å². The molecular formula is C17H19NO3. The van der Waals surface area contributed by atoms with Crippen molar-refractivity contribution in [3.8, 4) is 17.2 Å². The Bertz CT molecular complexity index is 609. The van der Waals surface area contributed by atoms with E-state index in [9.17, 15) is 0 Å². The van der Waals surface area contributed by atoms with Crippen LogP contribution in [0.3, 0.4) is 0 Å². The predicted molar refractivity (Wildman–Crippen MR) is 83.8 cm³/mol. The third-order valence-electron chi connectivity index (χ3n) is 3.08. The Morgan fingerprint density at radius 1 is 0.857 bits per heavy atom. The van der Waals surface area contributed by atoms with E-state index in [1.54, 1.807) is 27.5 Å². The Labute approximate surface area is 125 Å². The molecule has 0 aliphatic carbocycles. The molecule has 0 aliphatic rings. The number of ether oxygens (including phenoxy) is 3. The summed E-state index contributed by atoms with van der Waals surface area (Å²) in [4.78, 5) is 4.45. The molecule has 0 N–H and O–H groups in total. The first-order valence-electron chi connectivity index (χ1n) is 6.63. The number of hydrogen-bond acceptors (Lipinski definition) is 4. The molecule has 0 atom stereocenters. The van der Waals surface area contributed by atoms with Crippen molar-refractivity contribution >= 4 is 6.21 Å². The lowest BCUT2D eigenvalue weighted by Crippen LogP contribution is -1.98. The molecule has 0 amide bonds. The van der Waals surface area contributed by atoms with Gasteiger partial charge < -0.3 is 14.2 Å². The van der Waals surface area contributed by atoms with E-state index in [0.29, 0.717) is 23.8 Å². The lowest BCUT2D eigenvalue weighted by molar-refractivity contribution is 0.324. The number of aliphatic imine (C=N–C) groups is 1. The van der Waals surface area contributed by atoms with Crippen LogP contribution >= 0.6 is 0 Å². The molecule has 0 aliphatic heterocycles. The average Bonchev–Trinajstić information content (AvgIpc) is 2.55. The summed E-state index contributed by atoms with van der Waals surface area (Å²) in [7, 11) is 4.79. The maximum atomic E-state index is 5.42. The molecule has 2 aromatic carbocycles. The number of benzene rings is 2. The zero-order valence-electron chi connectivity index (χ0n) is 12.5. The maximum Gasteiger partial charge on any atom is 0.203 e. The van der Waals surface area contributed by atoms with Crippen LogP contribution < -0.4 is 14.2 Å². The highest BCUT2D eigenvalue weighted by Gasteiger charge is 2.14. The molecule has 4 nitrogen and oxygen atoms in total. The van der Waals surface area contributed by atoms with Crippen LogP contribution in [-0.4, -0.2) is 27.5 Å². The van der Waals surface area contributed by atoms with Crippen molar-refractivity contribution in [3.63, 3.8) is 0 Å². The highest BCUT2D eigenvalue weighted by Crippen LogP contribution is 2.38. The molecule has 21 heavy (non-hydrogen) atoms. The summed E-state index contributed by atoms with van der Waals surface area (Å²) in [6.07, 6.45) is 1.79. The quantitative estimate of drug-likeness (QED) is 0.764. The fraction of sp³-hybridized carbons (Fsp3) is 0.235. The molecule has 0 spiro atoms. The molecule has 2 aromatic rings. The van der Waals surface area contributed by atoms with Gasteiger partial charge in [0.05, 0.1) is 27.9 Å². The van der Waals surface area contributed by atoms with Gasteiger partial charge in [-0.25, -0.2) is 0 Å². The third-order valence-corrected chi connectivity index (χ3v) is 3.08. The number of methoxy groups -OCH3 is 3. The standard InChI is InChI=1S/C17H19NO3/c1-19-15-10-9-14(16(20-2)17(15)21-3)12-18-11-13-7-5-4-6-8-13/h4-10,12H,11H2,1-3H3. The van der Waals surface area contributed by atoms with Crippen LogP contribution in [0, 0.1) is 0 Å². The van der Waals surface area contributed by atoms with Crippen LogP contribution in [0.4, 0.5) is 0 Å². The van der Waals surface area contributed by atoms with Crippen molar-refractivity contribution in [2.45, 2.75) is 6.54 Å². The van der Waals surface area contributed by atoms with Gasteiger partial charge in [0.1, 0.15) is 0 Å². The number of nitrogens with zero attached hydrogens (tertiary/aromatic N) is 1. The van der Waals surface area contributed by atoms with E-state index in [1.807, 2.05) is 42.5 Å². The second-order valence-corrected chi connectivity index (χ2v) is 4.38. The summed E-state index contributed by atoms with van der Waals surface area (Å²) in [5.41, 5.74) is 2.01. The largest absolute Gasteiger partial charge is 0.493 e. The van der Waals surface area contributed by atoms with Crippen LogP contribution in [0.25, 0.3) is 0 Å². The van der Waals surface area contributed by atoms with Crippen LogP contribution in [-0.2, 0) is 6.54 Å². The Morgan fingerprint density at radius 2 is 1.57 bits per heavy atom. The monoisotopic (exact) mass is 285 g/mol. The van der Waals surface area contributed by atoms with Crippen molar-refractivity contribution in [3.05, 3.63) is 53.6 Å². The van der Waals surface area contributed by atoms with Gasteiger partial charge in [-0.15, -0.1) is 0 Å². The molecule has 0 radical (unpaired) electrons. The second-order valence-electron chi connectivity index (χ2n) is 4.38. The van der Waals surface area contributed by atoms with E-state index in [-0.39, 0.29) is 0 Å². The van der Waals surface area contributed by atoms with Gasteiger partial charge >= 0.3 is 0 Å². The lowest BCUT2D eigenvalue weighted by atomic mass is 10.2. The second kappa shape index (κ2) is 7.33. The van der Waals surface area contributed by atoms with Gasteiger partial charge in [-0.1, -0.05) is 30.3 Å². The minimum Gasteiger partial charge on any atom is -0.493 e. The topological polar surface area (TPSA) is 40.0 Å². The molecule has 0 bridgehead atoms. The maximum absolute atomic E-state index is 5.42. The summed E-state index contributed by atoms with van der Waals surface area (Å²) in [6, 6.07) is 13.8. The van der Waals surface area contributed by atoms with E-state index < -0.39 is 0 Å². The summed E-state index contributed by atoms with van der Waals surface area (Å²) in [5, 5.41) is 0. The molecule has 4 heteroatoms. The summed E-state index contributed by atoms with van der Waals surface area (Å²) in [6.45, 7) is 0.623. The smallest absolute Gasteiger partial charge is 0.203 e. The minimum absolute atomic E-state index is 0.573. The first-order valence-corrected chi connectivity index (χ1v) is 6.63. The van der Waals surface area contributed by atoms with Gasteiger partial charge in [-0.3, -0.25) is 4.99 Å². The van der Waals surface area contributed by atoms with Crippen molar-refractivity contribution in [1.29, 1.82) is 0 Å². The molecule has 0 saturated heterocycles. The molecule has 110 valence electrons. The molecule has 0 saturated carbocycles. The van der Waals surface area contributed by atoms with Gasteiger partial charge in [-0.2, -0.15) is 0 Å². The summed E-state index contributed by atoms with van der Waals surface area (Å²) in [5.74, 6) is 1.83. The van der Waals surface area contributed by atoms with E-state index in [1.165, 1.54) is 0 Å². The molecule has 0 unspecified atom stereocenters. The Hall–Kier alpha value is -2.49. The van der Waals surface area contributed by atoms with Gasteiger partial charge in [-0.05, 0) is 17.7 Å². The highest BCUT2D eigenvalue weighted by atomic mass is 16.5. The van der Waals surface area contributed by atoms with E-state index in [2.05, 4.69) is 4.99 Å². The normalized spacial score (nSPS) is 10.6. The zero-order valence-corrected chi connectivity index (χ0v) is 12.5. The van der Waals surface area contributed by atoms with Crippen LogP contribution in [0.1, 0.15) is 11.1 Å². The minimum atomic E-state index is 0.573. The van der Waals surface area contributed by atoms with Gasteiger partial charge in [0.2, 0.25) is 5.75 Å². The van der Waals surface area contributed by atoms with E-state index in [4.69, 9.17) is 14.2 Å². The molecule has 2 rings (SSSR count). The van der Waals surface area contributed by atoms with Crippen molar-refractivity contribution < 1.29 is 14.2 Å². The zero-order chi connectivity index (χ0) is 15.1. The van der Waals surface area contributed by atoms with Gasteiger partial charge in [0.25, 0.3) is 0 Å². The van der Waals surface area contributed by atoms with Crippen molar-refractivity contribution in [1.82, 2.24) is 0 Å². The fourth-order valence-corrected chi connectivity index (χ4v) is 2.06. The van der Waals surface area contributed by atoms with E-state index in [0.717, 1.165) is 11.1 Å². The SMILES string of the molecule is COc1ccc(C=NCc2ccccc2)c(OC)c1OC. The Morgan fingerprint density at radius 3 is 2.19 bits per heavy atom. The third kappa shape index (κ3) is 3.54. The molecule has 0 aromatic heterocycles. The van der Waals surface area contributed by atoms with Gasteiger partial charge in [0, 0.05) is 11.8 Å². The Kier molecular flexibility index (Phi) is 5.21. The average molecular weight is 285 g/mol. The predicted octanol–water partition coefficient (Wildman–Crippen LogP) is 3.33. The summed E-state index contributed by atoms with van der Waals surface area (Å²) >= 11 is 0. The lowest BCUT2D eigenvalue weighted by Gasteiger charge is -2.13. The van der Waals surface area contributed by atoms with Crippen molar-refractivity contribution in [2.24, 2.45) is 4.99 Å². The Balaban J connectivity index is 2.23. The van der Waals surface area contributed by atoms with Gasteiger partial charge in [0.15, 0.2) is 11.5 Å². The van der Waals surface area contributed by atoms with Crippen molar-refractivity contribution in [2.75, 3.05) is 21.3 Å². The molecule has 0 heterocycles. The number of rotatable bonds is 6. The fourth-order valence-electron chi connectivity index (χ4n) is 2.06. The van der Waals surface area contributed by atoms with E-state index >= 15 is 0 Å². The van der Waals surface area contributed by atoms with Crippen LogP contribution in [0.15, 0.2) is 47.5 Å². The molecule has 0 fully saturated rings. The summed E-state index contributed by atoms with van der Waals surface area (Å²) < 4.78 is 16.0. The highest BCUT2D eigenvalue weighted by molar-refractivity contribution is 5.86. The first-order chi connectivity index (χ1) is 10.3.